The summed E-state index contributed by atoms with van der Waals surface area (Å²) >= 11 is 1.50. The third-order valence-electron chi connectivity index (χ3n) is 4.70. The van der Waals surface area contributed by atoms with Crippen LogP contribution < -0.4 is 10.6 Å². The van der Waals surface area contributed by atoms with Gasteiger partial charge in [0.2, 0.25) is 0 Å². The highest BCUT2D eigenvalue weighted by Crippen LogP contribution is 2.23. The van der Waals surface area contributed by atoms with Crippen LogP contribution in [0.4, 0.5) is 4.79 Å². The largest absolute Gasteiger partial charge is 0.480 e. The van der Waals surface area contributed by atoms with Gasteiger partial charge in [-0.05, 0) is 11.6 Å². The number of nitrogens with zero attached hydrogens (tertiary/aromatic N) is 1. The first-order valence-corrected chi connectivity index (χ1v) is 10.3. The van der Waals surface area contributed by atoms with Crippen LogP contribution in [0.1, 0.15) is 11.3 Å². The first kappa shape index (κ1) is 19.7. The van der Waals surface area contributed by atoms with E-state index in [1.807, 2.05) is 60.0 Å². The normalized spacial score (nSPS) is 11.9. The van der Waals surface area contributed by atoms with Crippen molar-refractivity contribution >= 4 is 34.2 Å². The molecule has 2 heterocycles. The lowest BCUT2D eigenvalue weighted by Crippen LogP contribution is -2.46. The van der Waals surface area contributed by atoms with Crippen molar-refractivity contribution in [3.8, 4) is 10.6 Å². The number of thiazole rings is 1. The molecule has 0 spiro atoms. The lowest BCUT2D eigenvalue weighted by Gasteiger charge is -2.14. The molecule has 1 atom stereocenters. The van der Waals surface area contributed by atoms with Crippen molar-refractivity contribution in [1.82, 2.24) is 20.6 Å². The molecule has 0 saturated carbocycles. The molecule has 4 rings (SSSR count). The number of rotatable bonds is 7. The van der Waals surface area contributed by atoms with Crippen LogP contribution in [0.25, 0.3) is 21.5 Å². The summed E-state index contributed by atoms with van der Waals surface area (Å²) in [5.41, 5.74) is 3.50. The monoisotopic (exact) mass is 420 g/mol. The minimum absolute atomic E-state index is 0.182. The number of amides is 2. The number of carbonyl (C=O) groups is 2. The Kier molecular flexibility index (Phi) is 5.76. The Morgan fingerprint density at radius 1 is 1.10 bits per heavy atom. The number of urea groups is 1. The van der Waals surface area contributed by atoms with Crippen molar-refractivity contribution in [3.63, 3.8) is 0 Å². The van der Waals surface area contributed by atoms with Gasteiger partial charge in [0.25, 0.3) is 0 Å². The van der Waals surface area contributed by atoms with Crippen molar-refractivity contribution in [3.05, 3.63) is 77.4 Å². The van der Waals surface area contributed by atoms with Crippen LogP contribution in [0.3, 0.4) is 0 Å². The van der Waals surface area contributed by atoms with Gasteiger partial charge in [-0.3, -0.25) is 0 Å². The van der Waals surface area contributed by atoms with Gasteiger partial charge in [-0.25, -0.2) is 14.6 Å². The van der Waals surface area contributed by atoms with Gasteiger partial charge < -0.3 is 20.7 Å². The Morgan fingerprint density at radius 3 is 2.67 bits per heavy atom. The quantitative estimate of drug-likeness (QED) is 0.365. The van der Waals surface area contributed by atoms with E-state index in [1.54, 1.807) is 6.20 Å². The molecular formula is C22H20N4O3S. The van der Waals surface area contributed by atoms with E-state index in [4.69, 9.17) is 0 Å². The van der Waals surface area contributed by atoms with Crippen molar-refractivity contribution in [1.29, 1.82) is 0 Å². The van der Waals surface area contributed by atoms with E-state index in [2.05, 4.69) is 20.6 Å². The second-order valence-corrected chi connectivity index (χ2v) is 7.65. The first-order valence-electron chi connectivity index (χ1n) is 9.42. The number of nitrogens with one attached hydrogen (secondary N) is 3. The van der Waals surface area contributed by atoms with Crippen LogP contribution >= 0.6 is 11.3 Å². The van der Waals surface area contributed by atoms with Gasteiger partial charge in [0.1, 0.15) is 11.0 Å². The highest BCUT2D eigenvalue weighted by atomic mass is 32.1. The van der Waals surface area contributed by atoms with Gasteiger partial charge in [0.05, 0.1) is 12.2 Å². The van der Waals surface area contributed by atoms with Crippen molar-refractivity contribution < 1.29 is 14.7 Å². The molecule has 152 valence electrons. The fraction of sp³-hybridized carbons (Fsp3) is 0.136. The number of aromatic amines is 1. The minimum Gasteiger partial charge on any atom is -0.480 e. The van der Waals surface area contributed by atoms with E-state index in [1.165, 1.54) is 11.3 Å². The Bertz CT molecular complexity index is 1170. The zero-order valence-corrected chi connectivity index (χ0v) is 16.8. The Hall–Kier alpha value is -3.65. The molecule has 0 fully saturated rings. The molecule has 0 radical (unpaired) electrons. The second kappa shape index (κ2) is 8.79. The van der Waals surface area contributed by atoms with Gasteiger partial charge >= 0.3 is 12.0 Å². The number of aliphatic carboxylic acids is 1. The smallest absolute Gasteiger partial charge is 0.326 e. The Morgan fingerprint density at radius 2 is 1.87 bits per heavy atom. The lowest BCUT2D eigenvalue weighted by atomic mass is 10.1. The van der Waals surface area contributed by atoms with Crippen LogP contribution in [0.5, 0.6) is 0 Å². The molecule has 2 aromatic heterocycles. The number of hydrogen-bond donors (Lipinski definition) is 4. The first-order chi connectivity index (χ1) is 14.6. The molecule has 0 saturated heterocycles. The fourth-order valence-corrected chi connectivity index (χ4v) is 4.03. The number of aromatic nitrogens is 2. The number of carbonyl (C=O) groups excluding carboxylic acids is 1. The maximum atomic E-state index is 12.3. The van der Waals surface area contributed by atoms with Crippen LogP contribution in [0.2, 0.25) is 0 Å². The molecule has 4 aromatic rings. The van der Waals surface area contributed by atoms with E-state index in [0.29, 0.717) is 0 Å². The zero-order valence-electron chi connectivity index (χ0n) is 16.0. The van der Waals surface area contributed by atoms with Gasteiger partial charge in [0.15, 0.2) is 0 Å². The highest BCUT2D eigenvalue weighted by Gasteiger charge is 2.22. The molecule has 8 heteroatoms. The van der Waals surface area contributed by atoms with E-state index >= 15 is 0 Å². The minimum atomic E-state index is -1.09. The molecule has 0 unspecified atom stereocenters. The second-order valence-electron chi connectivity index (χ2n) is 6.79. The predicted octanol–water partition coefficient (Wildman–Crippen LogP) is 3.79. The summed E-state index contributed by atoms with van der Waals surface area (Å²) in [6, 6.07) is 15.9. The van der Waals surface area contributed by atoms with Crippen molar-refractivity contribution in [2.75, 3.05) is 0 Å². The van der Waals surface area contributed by atoms with E-state index in [0.717, 1.165) is 32.7 Å². The lowest BCUT2D eigenvalue weighted by molar-refractivity contribution is -0.139. The molecule has 0 aliphatic heterocycles. The summed E-state index contributed by atoms with van der Waals surface area (Å²) in [6.45, 7) is 0.217. The molecule has 2 amide bonds. The number of benzene rings is 2. The number of carboxylic acid groups (broad SMARTS) is 1. The number of H-pyrrole nitrogens is 1. The van der Waals surface area contributed by atoms with Gasteiger partial charge in [0, 0.05) is 34.5 Å². The van der Waals surface area contributed by atoms with Crippen molar-refractivity contribution in [2.45, 2.75) is 19.0 Å². The standard InChI is InChI=1S/C22H20N4O3S/c27-21(28)19(10-15-11-23-18-9-5-4-8-17(15)18)26-22(29)24-12-16-13-30-20(25-16)14-6-2-1-3-7-14/h1-9,11,13,19,23H,10,12H2,(H,27,28)(H2,24,26,29)/t19-/m0/s1. The summed E-state index contributed by atoms with van der Waals surface area (Å²) < 4.78 is 0. The van der Waals surface area contributed by atoms with Crippen LogP contribution in [-0.4, -0.2) is 33.1 Å². The van der Waals surface area contributed by atoms with Gasteiger partial charge in [-0.1, -0.05) is 48.5 Å². The molecule has 4 N–H and O–H groups in total. The number of hydrogen-bond acceptors (Lipinski definition) is 4. The average Bonchev–Trinajstić information content (AvgIpc) is 3.40. The number of fused-ring (bicyclic) bond motifs is 1. The summed E-state index contributed by atoms with van der Waals surface area (Å²) in [4.78, 5) is 31.6. The molecule has 2 aromatic carbocycles. The fourth-order valence-electron chi connectivity index (χ4n) is 3.20. The molecule has 0 aliphatic carbocycles. The highest BCUT2D eigenvalue weighted by molar-refractivity contribution is 7.13. The third-order valence-corrected chi connectivity index (χ3v) is 5.65. The maximum Gasteiger partial charge on any atom is 0.326 e. The van der Waals surface area contributed by atoms with Crippen LogP contribution in [0, 0.1) is 0 Å². The molecule has 30 heavy (non-hydrogen) atoms. The Labute approximate surface area is 176 Å². The van der Waals surface area contributed by atoms with Crippen LogP contribution in [-0.2, 0) is 17.8 Å². The molecular weight excluding hydrogens is 400 g/mol. The Balaban J connectivity index is 1.36. The topological polar surface area (TPSA) is 107 Å². The third kappa shape index (κ3) is 4.49. The molecule has 0 bridgehead atoms. The number of carboxylic acids is 1. The summed E-state index contributed by atoms with van der Waals surface area (Å²) in [6.07, 6.45) is 1.96. The predicted molar refractivity (Wildman–Crippen MR) is 116 cm³/mol. The molecule has 0 aliphatic rings. The zero-order chi connectivity index (χ0) is 20.9. The van der Waals surface area contributed by atoms with E-state index < -0.39 is 18.0 Å². The summed E-state index contributed by atoms with van der Waals surface area (Å²) in [7, 11) is 0. The molecule has 7 nitrogen and oxygen atoms in total. The van der Waals surface area contributed by atoms with E-state index in [-0.39, 0.29) is 13.0 Å². The van der Waals surface area contributed by atoms with E-state index in [9.17, 15) is 14.7 Å². The van der Waals surface area contributed by atoms with Gasteiger partial charge in [-0.2, -0.15) is 0 Å². The maximum absolute atomic E-state index is 12.3. The van der Waals surface area contributed by atoms with Gasteiger partial charge in [-0.15, -0.1) is 11.3 Å². The SMILES string of the molecule is O=C(NCc1csc(-c2ccccc2)n1)N[C@@H](Cc1c[nH]c2ccccc12)C(=O)O. The summed E-state index contributed by atoms with van der Waals surface area (Å²) in [5, 5.41) is 18.5. The van der Waals surface area contributed by atoms with Crippen LogP contribution in [0.15, 0.2) is 66.2 Å². The number of para-hydroxylation sites is 1. The summed E-state index contributed by atoms with van der Waals surface area (Å²) in [5.74, 6) is -1.09. The van der Waals surface area contributed by atoms with Crippen molar-refractivity contribution in [2.24, 2.45) is 0 Å². The average molecular weight is 420 g/mol.